The van der Waals surface area contributed by atoms with Crippen molar-refractivity contribution in [3.05, 3.63) is 76.1 Å². The van der Waals surface area contributed by atoms with Crippen molar-refractivity contribution in [2.45, 2.75) is 26.4 Å². The Hall–Kier alpha value is -2.53. The number of aromatic amines is 1. The minimum Gasteiger partial charge on any atom is -0.309 e. The summed E-state index contributed by atoms with van der Waals surface area (Å²) in [5, 5.41) is 3.99. The number of fused-ring (bicyclic) bond motifs is 1. The first-order chi connectivity index (χ1) is 11.5. The van der Waals surface area contributed by atoms with Crippen LogP contribution in [0.15, 0.2) is 53.3 Å². The Labute approximate surface area is 139 Å². The van der Waals surface area contributed by atoms with E-state index in [1.54, 1.807) is 18.2 Å². The molecule has 5 heteroatoms. The van der Waals surface area contributed by atoms with Gasteiger partial charge in [-0.25, -0.2) is 9.37 Å². The molecule has 1 aromatic heterocycles. The second kappa shape index (κ2) is 6.93. The molecule has 0 aliphatic heterocycles. The van der Waals surface area contributed by atoms with E-state index in [-0.39, 0.29) is 17.4 Å². The Morgan fingerprint density at radius 3 is 2.54 bits per heavy atom. The predicted molar refractivity (Wildman–Crippen MR) is 93.2 cm³/mol. The Bertz CT molecular complexity index is 887. The zero-order valence-electron chi connectivity index (χ0n) is 13.7. The molecule has 24 heavy (non-hydrogen) atoms. The summed E-state index contributed by atoms with van der Waals surface area (Å²) in [7, 11) is 0. The van der Waals surface area contributed by atoms with E-state index in [9.17, 15) is 9.18 Å². The maximum atomic E-state index is 13.1. The van der Waals surface area contributed by atoms with Crippen molar-refractivity contribution in [3.8, 4) is 0 Å². The molecule has 0 bridgehead atoms. The molecule has 2 aromatic carbocycles. The first-order valence-electron chi connectivity index (χ1n) is 8.01. The quantitative estimate of drug-likeness (QED) is 0.754. The molecule has 124 valence electrons. The van der Waals surface area contributed by atoms with Crippen LogP contribution < -0.4 is 10.9 Å². The van der Waals surface area contributed by atoms with E-state index < -0.39 is 0 Å². The van der Waals surface area contributed by atoms with Crippen LogP contribution in [0.25, 0.3) is 10.9 Å². The lowest BCUT2D eigenvalue weighted by Gasteiger charge is -2.23. The number of hydrogen-bond donors (Lipinski definition) is 2. The third-order valence-electron chi connectivity index (χ3n) is 4.05. The first-order valence-corrected chi connectivity index (χ1v) is 8.01. The van der Waals surface area contributed by atoms with Crippen molar-refractivity contribution >= 4 is 10.9 Å². The van der Waals surface area contributed by atoms with Gasteiger partial charge in [0, 0.05) is 6.04 Å². The molecule has 0 unspecified atom stereocenters. The molecule has 0 fully saturated rings. The molecule has 3 aromatic rings. The average molecular weight is 325 g/mol. The Morgan fingerprint density at radius 1 is 1.12 bits per heavy atom. The second-order valence-corrected chi connectivity index (χ2v) is 6.18. The van der Waals surface area contributed by atoms with Crippen molar-refractivity contribution in [2.24, 2.45) is 5.92 Å². The molecule has 0 aliphatic rings. The van der Waals surface area contributed by atoms with Gasteiger partial charge in [0.2, 0.25) is 0 Å². The summed E-state index contributed by atoms with van der Waals surface area (Å²) < 4.78 is 13.1. The van der Waals surface area contributed by atoms with Crippen LogP contribution in [0.1, 0.15) is 31.3 Å². The number of rotatable bonds is 5. The molecule has 0 spiro atoms. The molecule has 0 amide bonds. The molecular formula is C19H20FN3O. The van der Waals surface area contributed by atoms with Crippen molar-refractivity contribution in [1.82, 2.24) is 15.3 Å². The fraction of sp³-hybridized carbons (Fsp3) is 0.263. The molecule has 0 saturated heterocycles. The number of halogens is 1. The van der Waals surface area contributed by atoms with Gasteiger partial charge in [0.1, 0.15) is 11.6 Å². The zero-order valence-corrected chi connectivity index (χ0v) is 13.7. The van der Waals surface area contributed by atoms with Crippen LogP contribution in [0.3, 0.4) is 0 Å². The lowest BCUT2D eigenvalue weighted by Crippen LogP contribution is -2.27. The van der Waals surface area contributed by atoms with E-state index in [0.29, 0.717) is 29.2 Å². The lowest BCUT2D eigenvalue weighted by molar-refractivity contribution is 0.405. The summed E-state index contributed by atoms with van der Waals surface area (Å²) >= 11 is 0. The maximum Gasteiger partial charge on any atom is 0.258 e. The summed E-state index contributed by atoms with van der Waals surface area (Å²) in [5.41, 5.74) is 1.55. The van der Waals surface area contributed by atoms with E-state index in [2.05, 4.69) is 29.1 Å². The smallest absolute Gasteiger partial charge is 0.258 e. The minimum absolute atomic E-state index is 0.0439. The molecule has 4 nitrogen and oxygen atoms in total. The number of H-pyrrole nitrogens is 1. The SMILES string of the molecule is CC(C)[C@H](NCc1nc2ccccc2c(=O)[nH]1)c1ccc(F)cc1. The highest BCUT2D eigenvalue weighted by atomic mass is 19.1. The number of para-hydroxylation sites is 1. The summed E-state index contributed by atoms with van der Waals surface area (Å²) in [6.07, 6.45) is 0. The van der Waals surface area contributed by atoms with Gasteiger partial charge in [-0.15, -0.1) is 0 Å². The van der Waals surface area contributed by atoms with Crippen LogP contribution in [-0.2, 0) is 6.54 Å². The van der Waals surface area contributed by atoms with Gasteiger partial charge in [0.25, 0.3) is 5.56 Å². The first kappa shape index (κ1) is 16.3. The zero-order chi connectivity index (χ0) is 17.1. The van der Waals surface area contributed by atoms with Crippen LogP contribution in [0, 0.1) is 11.7 Å². The van der Waals surface area contributed by atoms with Crippen LogP contribution in [0.5, 0.6) is 0 Å². The van der Waals surface area contributed by atoms with Gasteiger partial charge < -0.3 is 10.3 Å². The van der Waals surface area contributed by atoms with Crippen molar-refractivity contribution in [2.75, 3.05) is 0 Å². The average Bonchev–Trinajstić information content (AvgIpc) is 2.56. The van der Waals surface area contributed by atoms with Crippen LogP contribution in [0.2, 0.25) is 0 Å². The van der Waals surface area contributed by atoms with Gasteiger partial charge in [-0.2, -0.15) is 0 Å². The standard InChI is InChI=1S/C19H20FN3O/c1-12(2)18(13-7-9-14(20)10-8-13)21-11-17-22-16-6-4-3-5-15(16)19(24)23-17/h3-10,12,18,21H,11H2,1-2H3,(H,22,23,24)/t18-/m0/s1. The summed E-state index contributed by atoms with van der Waals surface area (Å²) in [6, 6.07) is 13.8. The molecular weight excluding hydrogens is 305 g/mol. The second-order valence-electron chi connectivity index (χ2n) is 6.18. The van der Waals surface area contributed by atoms with Crippen LogP contribution >= 0.6 is 0 Å². The van der Waals surface area contributed by atoms with Gasteiger partial charge >= 0.3 is 0 Å². The molecule has 1 heterocycles. The highest BCUT2D eigenvalue weighted by Gasteiger charge is 2.16. The topological polar surface area (TPSA) is 57.8 Å². The third-order valence-corrected chi connectivity index (χ3v) is 4.05. The molecule has 0 radical (unpaired) electrons. The predicted octanol–water partition coefficient (Wildman–Crippen LogP) is 3.55. The van der Waals surface area contributed by atoms with E-state index in [4.69, 9.17) is 0 Å². The highest BCUT2D eigenvalue weighted by Crippen LogP contribution is 2.22. The normalized spacial score (nSPS) is 12.7. The number of aromatic nitrogens is 2. The maximum absolute atomic E-state index is 13.1. The molecule has 0 saturated carbocycles. The van der Waals surface area contributed by atoms with Crippen molar-refractivity contribution < 1.29 is 4.39 Å². The van der Waals surface area contributed by atoms with E-state index >= 15 is 0 Å². The van der Waals surface area contributed by atoms with Gasteiger partial charge in [0.05, 0.1) is 17.4 Å². The lowest BCUT2D eigenvalue weighted by atomic mass is 9.96. The van der Waals surface area contributed by atoms with Gasteiger partial charge in [-0.1, -0.05) is 38.1 Å². The number of hydrogen-bond acceptors (Lipinski definition) is 3. The van der Waals surface area contributed by atoms with E-state index in [1.807, 2.05) is 18.2 Å². The Kier molecular flexibility index (Phi) is 4.71. The molecule has 3 rings (SSSR count). The van der Waals surface area contributed by atoms with E-state index in [0.717, 1.165) is 5.56 Å². The Balaban J connectivity index is 1.82. The van der Waals surface area contributed by atoms with Gasteiger partial charge in [0.15, 0.2) is 0 Å². The number of benzene rings is 2. The third kappa shape index (κ3) is 3.51. The fourth-order valence-electron chi connectivity index (χ4n) is 2.83. The van der Waals surface area contributed by atoms with E-state index in [1.165, 1.54) is 12.1 Å². The monoisotopic (exact) mass is 325 g/mol. The molecule has 2 N–H and O–H groups in total. The molecule has 1 atom stereocenters. The summed E-state index contributed by atoms with van der Waals surface area (Å²) in [6.45, 7) is 4.62. The van der Waals surface area contributed by atoms with Crippen LogP contribution in [0.4, 0.5) is 4.39 Å². The largest absolute Gasteiger partial charge is 0.309 e. The van der Waals surface area contributed by atoms with Crippen LogP contribution in [-0.4, -0.2) is 9.97 Å². The van der Waals surface area contributed by atoms with Gasteiger partial charge in [-0.3, -0.25) is 4.79 Å². The van der Waals surface area contributed by atoms with Gasteiger partial charge in [-0.05, 0) is 35.7 Å². The Morgan fingerprint density at radius 2 is 1.83 bits per heavy atom. The number of nitrogens with one attached hydrogen (secondary N) is 2. The minimum atomic E-state index is -0.248. The van der Waals surface area contributed by atoms with Crippen molar-refractivity contribution in [3.63, 3.8) is 0 Å². The van der Waals surface area contributed by atoms with Crippen molar-refractivity contribution in [1.29, 1.82) is 0 Å². The summed E-state index contributed by atoms with van der Waals surface area (Å²) in [5.74, 6) is 0.649. The number of nitrogens with zero attached hydrogens (tertiary/aromatic N) is 1. The highest BCUT2D eigenvalue weighted by molar-refractivity contribution is 5.77. The summed E-state index contributed by atoms with van der Waals surface area (Å²) in [4.78, 5) is 19.4. The fourth-order valence-corrected chi connectivity index (χ4v) is 2.83. The molecule has 0 aliphatic carbocycles.